The Hall–Kier alpha value is -1.26. The summed E-state index contributed by atoms with van der Waals surface area (Å²) in [5, 5.41) is 9.78. The summed E-state index contributed by atoms with van der Waals surface area (Å²) in [6.07, 6.45) is 0.117. The van der Waals surface area contributed by atoms with E-state index in [-0.39, 0.29) is 5.91 Å². The molecule has 0 heterocycles. The van der Waals surface area contributed by atoms with Crippen molar-refractivity contribution in [1.82, 2.24) is 4.90 Å². The maximum absolute atomic E-state index is 12.3. The minimum Gasteiger partial charge on any atom is -0.493 e. The predicted octanol–water partition coefficient (Wildman–Crippen LogP) is 2.58. The Labute approximate surface area is 118 Å². The molecule has 0 saturated carbocycles. The van der Waals surface area contributed by atoms with E-state index in [1.54, 1.807) is 37.1 Å². The lowest BCUT2D eigenvalue weighted by Gasteiger charge is -2.19. The summed E-state index contributed by atoms with van der Waals surface area (Å²) >= 11 is 5.90. The molecule has 0 aliphatic carbocycles. The Morgan fingerprint density at radius 1 is 1.53 bits per heavy atom. The highest BCUT2D eigenvalue weighted by Crippen LogP contribution is 2.24. The fourth-order valence-electron chi connectivity index (χ4n) is 1.64. The van der Waals surface area contributed by atoms with E-state index in [9.17, 15) is 9.90 Å². The third-order valence-corrected chi connectivity index (χ3v) is 2.94. The molecule has 106 valence electrons. The van der Waals surface area contributed by atoms with Gasteiger partial charge < -0.3 is 14.7 Å². The van der Waals surface area contributed by atoms with Crippen LogP contribution in [0.3, 0.4) is 0 Å². The van der Waals surface area contributed by atoms with Crippen LogP contribution in [0.25, 0.3) is 0 Å². The van der Waals surface area contributed by atoms with E-state index in [1.165, 1.54) is 0 Å². The van der Waals surface area contributed by atoms with Gasteiger partial charge in [-0.15, -0.1) is 0 Å². The molecule has 0 spiro atoms. The summed E-state index contributed by atoms with van der Waals surface area (Å²) in [6, 6.07) is 4.97. The maximum atomic E-state index is 12.3. The summed E-state index contributed by atoms with van der Waals surface area (Å²) in [5.74, 6) is 0.352. The first-order valence-electron chi connectivity index (χ1n) is 6.31. The SMILES string of the molecule is CCOc1cc(Cl)ccc1C(=O)N(C)CCC(C)O. The van der Waals surface area contributed by atoms with E-state index in [0.717, 1.165) is 0 Å². The van der Waals surface area contributed by atoms with Crippen molar-refractivity contribution in [3.8, 4) is 5.75 Å². The number of nitrogens with zero attached hydrogens (tertiary/aromatic N) is 1. The van der Waals surface area contributed by atoms with Gasteiger partial charge >= 0.3 is 0 Å². The van der Waals surface area contributed by atoms with Gasteiger partial charge in [0.05, 0.1) is 18.3 Å². The van der Waals surface area contributed by atoms with Gasteiger partial charge in [0.2, 0.25) is 0 Å². The molecular weight excluding hydrogens is 266 g/mol. The summed E-state index contributed by atoms with van der Waals surface area (Å²) in [6.45, 7) is 4.52. The van der Waals surface area contributed by atoms with Crippen LogP contribution in [-0.2, 0) is 0 Å². The van der Waals surface area contributed by atoms with Gasteiger partial charge in [0, 0.05) is 18.6 Å². The van der Waals surface area contributed by atoms with E-state index in [4.69, 9.17) is 16.3 Å². The number of rotatable bonds is 6. The topological polar surface area (TPSA) is 49.8 Å². The molecule has 0 radical (unpaired) electrons. The average molecular weight is 286 g/mol. The Morgan fingerprint density at radius 3 is 2.79 bits per heavy atom. The zero-order valence-corrected chi connectivity index (χ0v) is 12.3. The summed E-state index contributed by atoms with van der Waals surface area (Å²) < 4.78 is 5.43. The fourth-order valence-corrected chi connectivity index (χ4v) is 1.80. The number of aliphatic hydroxyl groups excluding tert-OH is 1. The van der Waals surface area contributed by atoms with Gasteiger partial charge in [-0.05, 0) is 38.5 Å². The summed E-state index contributed by atoms with van der Waals surface area (Å²) in [4.78, 5) is 13.9. The Bertz CT molecular complexity index is 435. The van der Waals surface area contributed by atoms with Crippen LogP contribution in [0.4, 0.5) is 0 Å². The van der Waals surface area contributed by atoms with Crippen molar-refractivity contribution < 1.29 is 14.6 Å². The summed E-state index contributed by atoms with van der Waals surface area (Å²) in [5.41, 5.74) is 0.486. The van der Waals surface area contributed by atoms with Crippen molar-refractivity contribution in [1.29, 1.82) is 0 Å². The zero-order valence-electron chi connectivity index (χ0n) is 11.5. The molecule has 1 aromatic rings. The number of carbonyl (C=O) groups is 1. The minimum absolute atomic E-state index is 0.138. The van der Waals surface area contributed by atoms with Gasteiger partial charge in [0.15, 0.2) is 0 Å². The van der Waals surface area contributed by atoms with Crippen LogP contribution >= 0.6 is 11.6 Å². The van der Waals surface area contributed by atoms with E-state index in [0.29, 0.717) is 35.9 Å². The molecule has 0 bridgehead atoms. The molecule has 0 saturated heterocycles. The fraction of sp³-hybridized carbons (Fsp3) is 0.500. The number of amides is 1. The number of benzene rings is 1. The molecule has 0 aliphatic rings. The van der Waals surface area contributed by atoms with Gasteiger partial charge in [-0.1, -0.05) is 11.6 Å². The van der Waals surface area contributed by atoms with Crippen molar-refractivity contribution in [2.75, 3.05) is 20.2 Å². The second-order valence-electron chi connectivity index (χ2n) is 4.44. The summed E-state index contributed by atoms with van der Waals surface area (Å²) in [7, 11) is 1.70. The lowest BCUT2D eigenvalue weighted by molar-refractivity contribution is 0.0765. The molecular formula is C14H20ClNO3. The minimum atomic E-state index is -0.424. The molecule has 4 nitrogen and oxygen atoms in total. The van der Waals surface area contributed by atoms with Crippen LogP contribution in [0.5, 0.6) is 5.75 Å². The average Bonchev–Trinajstić information content (AvgIpc) is 2.35. The second-order valence-corrected chi connectivity index (χ2v) is 4.87. The van der Waals surface area contributed by atoms with E-state index in [2.05, 4.69) is 0 Å². The maximum Gasteiger partial charge on any atom is 0.257 e. The van der Waals surface area contributed by atoms with E-state index in [1.807, 2.05) is 6.92 Å². The highest BCUT2D eigenvalue weighted by molar-refractivity contribution is 6.30. The number of carbonyl (C=O) groups excluding carboxylic acids is 1. The predicted molar refractivity (Wildman–Crippen MR) is 75.9 cm³/mol. The molecule has 0 aliphatic heterocycles. The normalized spacial score (nSPS) is 12.1. The number of hydrogen-bond donors (Lipinski definition) is 1. The Kier molecular flexibility index (Phi) is 6.12. The number of ether oxygens (including phenoxy) is 1. The molecule has 19 heavy (non-hydrogen) atoms. The molecule has 1 unspecified atom stereocenters. The molecule has 1 N–H and O–H groups in total. The number of aliphatic hydroxyl groups is 1. The smallest absolute Gasteiger partial charge is 0.257 e. The van der Waals surface area contributed by atoms with Crippen molar-refractivity contribution in [3.63, 3.8) is 0 Å². The number of hydrogen-bond acceptors (Lipinski definition) is 3. The van der Waals surface area contributed by atoms with Crippen molar-refractivity contribution in [2.45, 2.75) is 26.4 Å². The number of halogens is 1. The molecule has 1 atom stereocenters. The van der Waals surface area contributed by atoms with E-state index < -0.39 is 6.10 Å². The van der Waals surface area contributed by atoms with Crippen LogP contribution < -0.4 is 4.74 Å². The zero-order chi connectivity index (χ0) is 14.4. The first-order chi connectivity index (χ1) is 8.95. The highest BCUT2D eigenvalue weighted by atomic mass is 35.5. The van der Waals surface area contributed by atoms with Gasteiger partial charge in [-0.3, -0.25) is 4.79 Å². The molecule has 0 fully saturated rings. The van der Waals surface area contributed by atoms with Crippen molar-refractivity contribution in [2.24, 2.45) is 0 Å². The van der Waals surface area contributed by atoms with Crippen LogP contribution in [0.15, 0.2) is 18.2 Å². The third-order valence-electron chi connectivity index (χ3n) is 2.70. The van der Waals surface area contributed by atoms with Crippen molar-refractivity contribution in [3.05, 3.63) is 28.8 Å². The first kappa shape index (κ1) is 15.8. The van der Waals surface area contributed by atoms with Gasteiger partial charge in [-0.25, -0.2) is 0 Å². The molecule has 0 aromatic heterocycles. The monoisotopic (exact) mass is 285 g/mol. The van der Waals surface area contributed by atoms with Crippen LogP contribution in [0.1, 0.15) is 30.6 Å². The van der Waals surface area contributed by atoms with Gasteiger partial charge in [0.1, 0.15) is 5.75 Å². The van der Waals surface area contributed by atoms with Crippen LogP contribution in [0.2, 0.25) is 5.02 Å². The van der Waals surface area contributed by atoms with Crippen molar-refractivity contribution >= 4 is 17.5 Å². The molecule has 1 amide bonds. The van der Waals surface area contributed by atoms with E-state index >= 15 is 0 Å². The largest absolute Gasteiger partial charge is 0.493 e. The quantitative estimate of drug-likeness (QED) is 0.874. The first-order valence-corrected chi connectivity index (χ1v) is 6.69. The highest BCUT2D eigenvalue weighted by Gasteiger charge is 2.17. The van der Waals surface area contributed by atoms with Gasteiger partial charge in [0.25, 0.3) is 5.91 Å². The standard InChI is InChI=1S/C14H20ClNO3/c1-4-19-13-9-11(15)5-6-12(13)14(18)16(3)8-7-10(2)17/h5-6,9-10,17H,4,7-8H2,1-3H3. The Morgan fingerprint density at radius 2 is 2.21 bits per heavy atom. The molecule has 1 aromatic carbocycles. The van der Waals surface area contributed by atoms with Crippen LogP contribution in [0, 0.1) is 0 Å². The molecule has 5 heteroatoms. The second kappa shape index (κ2) is 7.36. The van der Waals surface area contributed by atoms with Crippen LogP contribution in [-0.4, -0.2) is 42.2 Å². The molecule has 1 rings (SSSR count). The van der Waals surface area contributed by atoms with Gasteiger partial charge in [-0.2, -0.15) is 0 Å². The third kappa shape index (κ3) is 4.73. The Balaban J connectivity index is 2.86. The lowest BCUT2D eigenvalue weighted by Crippen LogP contribution is -2.29. The lowest BCUT2D eigenvalue weighted by atomic mass is 10.1.